The Bertz CT molecular complexity index is 512. The molecule has 1 atom stereocenters. The number of hydrazone groups is 1. The number of hydrogen-bond acceptors (Lipinski definition) is 4. The first-order valence-electron chi connectivity index (χ1n) is 7.43. The third kappa shape index (κ3) is 6.39. The fraction of sp³-hybridized carbons (Fsp3) is 0.438. The van der Waals surface area contributed by atoms with E-state index in [-0.39, 0.29) is 6.04 Å². The molecule has 0 spiro atoms. The zero-order valence-corrected chi connectivity index (χ0v) is 13.3. The van der Waals surface area contributed by atoms with Gasteiger partial charge in [0.25, 0.3) is 0 Å². The van der Waals surface area contributed by atoms with Gasteiger partial charge >= 0.3 is 11.8 Å². The van der Waals surface area contributed by atoms with E-state index in [1.807, 2.05) is 45.0 Å². The summed E-state index contributed by atoms with van der Waals surface area (Å²) in [6.07, 6.45) is 3.18. The van der Waals surface area contributed by atoms with Crippen molar-refractivity contribution >= 4 is 18.0 Å². The molecule has 2 N–H and O–H groups in total. The Kier molecular flexibility index (Phi) is 7.67. The molecule has 0 radical (unpaired) electrons. The Hall–Kier alpha value is -2.37. The van der Waals surface area contributed by atoms with Crippen LogP contribution in [0, 0.1) is 0 Å². The number of ether oxygens (including phenoxy) is 1. The molecule has 1 aromatic rings. The zero-order valence-electron chi connectivity index (χ0n) is 13.3. The van der Waals surface area contributed by atoms with E-state index >= 15 is 0 Å². The highest BCUT2D eigenvalue weighted by Gasteiger charge is 2.14. The van der Waals surface area contributed by atoms with E-state index in [4.69, 9.17) is 4.74 Å². The number of nitrogens with one attached hydrogen (secondary N) is 2. The number of benzene rings is 1. The molecule has 2 amide bonds. The van der Waals surface area contributed by atoms with Crippen LogP contribution in [0.25, 0.3) is 0 Å². The second-order valence-electron chi connectivity index (χ2n) is 4.90. The standard InChI is InChI=1S/C16H23N3O3/c1-4-10-22-14-8-6-13(7-9-14)11-17-19-16(21)15(20)18-12(3)5-2/h6-9,11-12H,4-5,10H2,1-3H3,(H,18,20)(H,19,21)/b17-11-/t12-/m1/s1. The van der Waals surface area contributed by atoms with Crippen LogP contribution in [-0.4, -0.2) is 30.7 Å². The third-order valence-electron chi connectivity index (χ3n) is 2.93. The summed E-state index contributed by atoms with van der Waals surface area (Å²) in [5.41, 5.74) is 2.99. The summed E-state index contributed by atoms with van der Waals surface area (Å²) in [4.78, 5) is 23.0. The van der Waals surface area contributed by atoms with Gasteiger partial charge < -0.3 is 10.1 Å². The zero-order chi connectivity index (χ0) is 16.4. The molecule has 0 aromatic heterocycles. The third-order valence-corrected chi connectivity index (χ3v) is 2.93. The second-order valence-corrected chi connectivity index (χ2v) is 4.90. The van der Waals surface area contributed by atoms with E-state index in [1.54, 1.807) is 0 Å². The summed E-state index contributed by atoms with van der Waals surface area (Å²) in [6.45, 7) is 6.47. The molecule has 0 fully saturated rings. The minimum absolute atomic E-state index is 0.0436. The molecule has 0 aliphatic rings. The van der Waals surface area contributed by atoms with E-state index in [0.29, 0.717) is 6.61 Å². The van der Waals surface area contributed by atoms with Crippen molar-refractivity contribution in [3.63, 3.8) is 0 Å². The smallest absolute Gasteiger partial charge is 0.329 e. The lowest BCUT2D eigenvalue weighted by atomic mass is 10.2. The van der Waals surface area contributed by atoms with E-state index in [0.717, 1.165) is 24.2 Å². The lowest BCUT2D eigenvalue weighted by molar-refractivity contribution is -0.139. The lowest BCUT2D eigenvalue weighted by Gasteiger charge is -2.09. The summed E-state index contributed by atoms with van der Waals surface area (Å²) >= 11 is 0. The molecular weight excluding hydrogens is 282 g/mol. The van der Waals surface area contributed by atoms with Gasteiger partial charge in [-0.2, -0.15) is 5.10 Å². The van der Waals surface area contributed by atoms with Crippen molar-refractivity contribution in [3.05, 3.63) is 29.8 Å². The molecule has 0 aliphatic carbocycles. The van der Waals surface area contributed by atoms with E-state index in [1.165, 1.54) is 6.21 Å². The van der Waals surface area contributed by atoms with Crippen molar-refractivity contribution in [3.8, 4) is 5.75 Å². The topological polar surface area (TPSA) is 79.8 Å². The molecule has 0 aliphatic heterocycles. The Morgan fingerprint density at radius 1 is 1.23 bits per heavy atom. The van der Waals surface area contributed by atoms with Crippen molar-refractivity contribution in [2.45, 2.75) is 39.7 Å². The van der Waals surface area contributed by atoms with Crippen LogP contribution in [0.3, 0.4) is 0 Å². The summed E-state index contributed by atoms with van der Waals surface area (Å²) in [5.74, 6) is -0.676. The molecule has 1 rings (SSSR count). The first-order valence-corrected chi connectivity index (χ1v) is 7.43. The first kappa shape index (κ1) is 17.7. The number of nitrogens with zero attached hydrogens (tertiary/aromatic N) is 1. The monoisotopic (exact) mass is 305 g/mol. The van der Waals surface area contributed by atoms with E-state index < -0.39 is 11.8 Å². The van der Waals surface area contributed by atoms with Crippen LogP contribution in [0.1, 0.15) is 39.2 Å². The van der Waals surface area contributed by atoms with Crippen LogP contribution in [0.15, 0.2) is 29.4 Å². The van der Waals surface area contributed by atoms with Crippen molar-refractivity contribution in [2.75, 3.05) is 6.61 Å². The minimum atomic E-state index is -0.778. The summed E-state index contributed by atoms with van der Waals surface area (Å²) in [7, 11) is 0. The average molecular weight is 305 g/mol. The van der Waals surface area contributed by atoms with E-state index in [9.17, 15) is 9.59 Å². The number of rotatable bonds is 7. The van der Waals surface area contributed by atoms with Gasteiger partial charge in [-0.15, -0.1) is 0 Å². The highest BCUT2D eigenvalue weighted by molar-refractivity contribution is 6.35. The highest BCUT2D eigenvalue weighted by Crippen LogP contribution is 2.11. The highest BCUT2D eigenvalue weighted by atomic mass is 16.5. The Labute approximate surface area is 130 Å². The normalized spacial score (nSPS) is 12.0. The molecule has 0 unspecified atom stereocenters. The number of hydrogen-bond donors (Lipinski definition) is 2. The second kappa shape index (κ2) is 9.55. The summed E-state index contributed by atoms with van der Waals surface area (Å²) in [5, 5.41) is 6.32. The van der Waals surface area contributed by atoms with Crippen molar-refractivity contribution < 1.29 is 14.3 Å². The maximum atomic E-state index is 11.5. The lowest BCUT2D eigenvalue weighted by Crippen LogP contribution is -2.41. The van der Waals surface area contributed by atoms with Gasteiger partial charge in [0.1, 0.15) is 5.75 Å². The van der Waals surface area contributed by atoms with Gasteiger partial charge in [-0.1, -0.05) is 13.8 Å². The van der Waals surface area contributed by atoms with Gasteiger partial charge in [-0.05, 0) is 49.6 Å². The molecule has 0 bridgehead atoms. The predicted molar refractivity (Wildman–Crippen MR) is 85.9 cm³/mol. The van der Waals surface area contributed by atoms with Crippen LogP contribution in [0.4, 0.5) is 0 Å². The van der Waals surface area contributed by atoms with Crippen molar-refractivity contribution in [2.24, 2.45) is 5.10 Å². The molecule has 1 aromatic carbocycles. The molecule has 22 heavy (non-hydrogen) atoms. The summed E-state index contributed by atoms with van der Waals surface area (Å²) in [6, 6.07) is 7.25. The van der Waals surface area contributed by atoms with Gasteiger partial charge in [-0.25, -0.2) is 5.43 Å². The van der Waals surface area contributed by atoms with Gasteiger partial charge in [0, 0.05) is 6.04 Å². The molecule has 6 heteroatoms. The molecule has 120 valence electrons. The minimum Gasteiger partial charge on any atom is -0.494 e. The largest absolute Gasteiger partial charge is 0.494 e. The Morgan fingerprint density at radius 2 is 1.91 bits per heavy atom. The van der Waals surface area contributed by atoms with Gasteiger partial charge in [0.05, 0.1) is 12.8 Å². The number of carbonyl (C=O) groups excluding carboxylic acids is 2. The average Bonchev–Trinajstić information content (AvgIpc) is 2.53. The first-order chi connectivity index (χ1) is 10.6. The number of carbonyl (C=O) groups is 2. The SMILES string of the molecule is CCCOc1ccc(/C=N\NC(=O)C(=O)N[C@H](C)CC)cc1. The summed E-state index contributed by atoms with van der Waals surface area (Å²) < 4.78 is 5.46. The quantitative estimate of drug-likeness (QED) is 0.458. The van der Waals surface area contributed by atoms with Crippen LogP contribution < -0.4 is 15.5 Å². The van der Waals surface area contributed by atoms with Crippen LogP contribution in [0.2, 0.25) is 0 Å². The maximum absolute atomic E-state index is 11.5. The van der Waals surface area contributed by atoms with Gasteiger partial charge in [0.2, 0.25) is 0 Å². The molecule has 0 saturated heterocycles. The fourth-order valence-corrected chi connectivity index (χ4v) is 1.48. The van der Waals surface area contributed by atoms with Crippen molar-refractivity contribution in [1.82, 2.24) is 10.7 Å². The number of amides is 2. The van der Waals surface area contributed by atoms with Crippen LogP contribution >= 0.6 is 0 Å². The molecule has 6 nitrogen and oxygen atoms in total. The molecule has 0 heterocycles. The predicted octanol–water partition coefficient (Wildman–Crippen LogP) is 1.84. The van der Waals surface area contributed by atoms with Crippen molar-refractivity contribution in [1.29, 1.82) is 0 Å². The molecular formula is C16H23N3O3. The molecule has 0 saturated carbocycles. The maximum Gasteiger partial charge on any atom is 0.329 e. The van der Waals surface area contributed by atoms with Gasteiger partial charge in [-0.3, -0.25) is 9.59 Å². The van der Waals surface area contributed by atoms with Crippen LogP contribution in [-0.2, 0) is 9.59 Å². The van der Waals surface area contributed by atoms with Gasteiger partial charge in [0.15, 0.2) is 0 Å². The Morgan fingerprint density at radius 3 is 2.50 bits per heavy atom. The Balaban J connectivity index is 2.44. The van der Waals surface area contributed by atoms with Crippen LogP contribution in [0.5, 0.6) is 5.75 Å². The fourth-order valence-electron chi connectivity index (χ4n) is 1.48. The van der Waals surface area contributed by atoms with E-state index in [2.05, 4.69) is 15.8 Å².